The number of aryl methyl sites for hydroxylation is 1. The van der Waals surface area contributed by atoms with Gasteiger partial charge in [0.05, 0.1) is 15.6 Å². The number of halogens is 1. The van der Waals surface area contributed by atoms with E-state index in [-0.39, 0.29) is 5.78 Å². The van der Waals surface area contributed by atoms with Crippen LogP contribution in [0.5, 0.6) is 0 Å². The molecule has 0 spiro atoms. The summed E-state index contributed by atoms with van der Waals surface area (Å²) < 4.78 is 1.05. The largest absolute Gasteiger partial charge is 0.353 e. The molecule has 0 aliphatic carbocycles. The minimum absolute atomic E-state index is 0.0957. The number of likely N-dealkylation sites (tertiary alicyclic amines) is 1. The van der Waals surface area contributed by atoms with Crippen molar-refractivity contribution >= 4 is 39.1 Å². The minimum Gasteiger partial charge on any atom is -0.353 e. The third kappa shape index (κ3) is 9.34. The fourth-order valence-corrected chi connectivity index (χ4v) is 5.60. The standard InChI is InChI=1S/C27H40BrN3OS/c1-6-9-12-24(22(5)32)20-31(19-21(4)28)16-10-15-30-17-13-23(14-18-30)27-29-25(8-3)26(33-27)11-7-2/h7,9,11-12,19-20,23H,6,8,10,13-18H2,1-5H3/b11-7-,12-9+,21-19-,24-20+. The molecule has 2 rings (SSSR count). The average molecular weight is 535 g/mol. The summed E-state index contributed by atoms with van der Waals surface area (Å²) in [4.78, 5) is 23.0. The van der Waals surface area contributed by atoms with Crippen molar-refractivity contribution in [1.82, 2.24) is 14.8 Å². The monoisotopic (exact) mass is 533 g/mol. The molecule has 0 unspecified atom stereocenters. The van der Waals surface area contributed by atoms with Crippen LogP contribution in [0.4, 0.5) is 0 Å². The van der Waals surface area contributed by atoms with Gasteiger partial charge in [-0.2, -0.15) is 0 Å². The zero-order valence-electron chi connectivity index (χ0n) is 20.9. The fourth-order valence-electron chi connectivity index (χ4n) is 4.04. The first kappa shape index (κ1) is 27.7. The van der Waals surface area contributed by atoms with Crippen molar-refractivity contribution in [2.75, 3.05) is 26.2 Å². The maximum Gasteiger partial charge on any atom is 0.161 e. The van der Waals surface area contributed by atoms with E-state index < -0.39 is 0 Å². The number of thiazole rings is 1. The summed E-state index contributed by atoms with van der Waals surface area (Å²) in [5.41, 5.74) is 1.99. The summed E-state index contributed by atoms with van der Waals surface area (Å²) >= 11 is 5.42. The molecule has 0 radical (unpaired) electrons. The molecule has 2 heterocycles. The smallest absolute Gasteiger partial charge is 0.161 e. The Morgan fingerprint density at radius 2 is 1.97 bits per heavy atom. The summed E-state index contributed by atoms with van der Waals surface area (Å²) in [6.45, 7) is 14.2. The van der Waals surface area contributed by atoms with Crippen molar-refractivity contribution in [2.45, 2.75) is 72.6 Å². The van der Waals surface area contributed by atoms with Gasteiger partial charge in [-0.05, 0) is 78.6 Å². The van der Waals surface area contributed by atoms with E-state index in [0.29, 0.717) is 5.92 Å². The molecule has 0 saturated carbocycles. The van der Waals surface area contributed by atoms with E-state index in [1.807, 2.05) is 36.6 Å². The summed E-state index contributed by atoms with van der Waals surface area (Å²) in [7, 11) is 0. The molecular formula is C27H40BrN3OS. The number of aromatic nitrogens is 1. The Labute approximate surface area is 213 Å². The van der Waals surface area contributed by atoms with Crippen molar-refractivity contribution in [3.05, 3.63) is 56.3 Å². The van der Waals surface area contributed by atoms with Crippen LogP contribution in [0.2, 0.25) is 0 Å². The Balaban J connectivity index is 1.90. The number of carbonyl (C=O) groups is 1. The van der Waals surface area contributed by atoms with Crippen LogP contribution < -0.4 is 0 Å². The van der Waals surface area contributed by atoms with Crippen molar-refractivity contribution < 1.29 is 4.79 Å². The molecule has 1 aliphatic heterocycles. The van der Waals surface area contributed by atoms with Crippen LogP contribution in [-0.2, 0) is 11.2 Å². The van der Waals surface area contributed by atoms with Gasteiger partial charge in [0.2, 0.25) is 0 Å². The lowest BCUT2D eigenvalue weighted by molar-refractivity contribution is -0.113. The molecule has 0 bridgehead atoms. The number of Topliss-reactive ketones (excluding diaryl/α,β-unsaturated/α-hetero) is 1. The highest BCUT2D eigenvalue weighted by atomic mass is 79.9. The number of rotatable bonds is 12. The van der Waals surface area contributed by atoms with Gasteiger partial charge in [0.1, 0.15) is 0 Å². The Bertz CT molecular complexity index is 872. The van der Waals surface area contributed by atoms with Crippen molar-refractivity contribution in [2.24, 2.45) is 0 Å². The van der Waals surface area contributed by atoms with Gasteiger partial charge in [-0.1, -0.05) is 48.0 Å². The third-order valence-electron chi connectivity index (χ3n) is 5.81. The van der Waals surface area contributed by atoms with E-state index in [0.717, 1.165) is 55.5 Å². The van der Waals surface area contributed by atoms with Crippen molar-refractivity contribution in [3.63, 3.8) is 0 Å². The molecule has 1 aliphatic rings. The number of carbonyl (C=O) groups excluding carboxylic acids is 1. The van der Waals surface area contributed by atoms with Gasteiger partial charge in [0, 0.05) is 34.9 Å². The highest BCUT2D eigenvalue weighted by Crippen LogP contribution is 2.33. The highest BCUT2D eigenvalue weighted by Gasteiger charge is 2.23. The van der Waals surface area contributed by atoms with Crippen LogP contribution in [0.3, 0.4) is 0 Å². The molecule has 0 N–H and O–H groups in total. The van der Waals surface area contributed by atoms with Gasteiger partial charge in [-0.25, -0.2) is 4.98 Å². The second-order valence-corrected chi connectivity index (χ2v) is 10.9. The maximum absolute atomic E-state index is 12.0. The lowest BCUT2D eigenvalue weighted by Crippen LogP contribution is -2.34. The molecule has 0 amide bonds. The first-order valence-corrected chi connectivity index (χ1v) is 13.8. The number of allylic oxidation sites excluding steroid dienone is 5. The van der Waals surface area contributed by atoms with Gasteiger partial charge in [0.25, 0.3) is 0 Å². The Kier molecular flexibility index (Phi) is 12.4. The minimum atomic E-state index is 0.0957. The van der Waals surface area contributed by atoms with E-state index in [1.165, 1.54) is 28.4 Å². The summed E-state index contributed by atoms with van der Waals surface area (Å²) in [6, 6.07) is 0. The third-order valence-corrected chi connectivity index (χ3v) is 7.24. The van der Waals surface area contributed by atoms with E-state index in [4.69, 9.17) is 4.98 Å². The van der Waals surface area contributed by atoms with Crippen LogP contribution in [-0.4, -0.2) is 46.7 Å². The number of ketones is 1. The summed E-state index contributed by atoms with van der Waals surface area (Å²) in [5.74, 6) is 0.691. The fraction of sp³-hybridized carbons (Fsp3) is 0.556. The first-order chi connectivity index (χ1) is 15.9. The molecular weight excluding hydrogens is 494 g/mol. The molecule has 6 heteroatoms. The van der Waals surface area contributed by atoms with Crippen LogP contribution in [0.25, 0.3) is 6.08 Å². The maximum atomic E-state index is 12.0. The molecule has 1 fully saturated rings. The predicted molar refractivity (Wildman–Crippen MR) is 147 cm³/mol. The zero-order chi connectivity index (χ0) is 24.2. The molecule has 182 valence electrons. The summed E-state index contributed by atoms with van der Waals surface area (Å²) in [6.07, 6.45) is 17.7. The Hall–Kier alpha value is -1.50. The van der Waals surface area contributed by atoms with Gasteiger partial charge in [-0.15, -0.1) is 11.3 Å². The van der Waals surface area contributed by atoms with Gasteiger partial charge >= 0.3 is 0 Å². The lowest BCUT2D eigenvalue weighted by Gasteiger charge is -2.31. The molecule has 4 nitrogen and oxygen atoms in total. The topological polar surface area (TPSA) is 36.4 Å². The highest BCUT2D eigenvalue weighted by molar-refractivity contribution is 9.11. The van der Waals surface area contributed by atoms with Crippen LogP contribution in [0.1, 0.15) is 81.8 Å². The first-order valence-electron chi connectivity index (χ1n) is 12.2. The quantitative estimate of drug-likeness (QED) is 0.208. The second-order valence-electron chi connectivity index (χ2n) is 8.59. The molecule has 1 saturated heterocycles. The Morgan fingerprint density at radius 3 is 2.55 bits per heavy atom. The van der Waals surface area contributed by atoms with E-state index in [2.05, 4.69) is 64.9 Å². The summed E-state index contributed by atoms with van der Waals surface area (Å²) in [5, 5.41) is 1.32. The number of hydrogen-bond acceptors (Lipinski definition) is 5. The molecule has 0 aromatic carbocycles. The zero-order valence-corrected chi connectivity index (χ0v) is 23.3. The van der Waals surface area contributed by atoms with Gasteiger partial charge in [0.15, 0.2) is 5.78 Å². The van der Waals surface area contributed by atoms with Crippen LogP contribution in [0.15, 0.2) is 40.7 Å². The van der Waals surface area contributed by atoms with E-state index in [9.17, 15) is 4.79 Å². The van der Waals surface area contributed by atoms with E-state index >= 15 is 0 Å². The lowest BCUT2D eigenvalue weighted by atomic mass is 9.97. The molecule has 0 atom stereocenters. The SMILES string of the molecule is C/C=C\c1sc(C2CCN(CCCN(/C=C(/C)Br)/C=C(\C=C\CC)C(C)=O)CC2)nc1CC. The van der Waals surface area contributed by atoms with E-state index in [1.54, 1.807) is 6.92 Å². The van der Waals surface area contributed by atoms with Crippen molar-refractivity contribution in [3.8, 4) is 0 Å². The van der Waals surface area contributed by atoms with Gasteiger partial charge < -0.3 is 9.80 Å². The Morgan fingerprint density at radius 1 is 1.24 bits per heavy atom. The predicted octanol–water partition coefficient (Wildman–Crippen LogP) is 7.31. The van der Waals surface area contributed by atoms with Gasteiger partial charge in [-0.3, -0.25) is 4.79 Å². The molecule has 33 heavy (non-hydrogen) atoms. The normalized spacial score (nSPS) is 16.9. The van der Waals surface area contributed by atoms with Crippen LogP contribution in [0, 0.1) is 0 Å². The van der Waals surface area contributed by atoms with Crippen molar-refractivity contribution in [1.29, 1.82) is 0 Å². The average Bonchev–Trinajstić information content (AvgIpc) is 3.19. The molecule has 1 aromatic heterocycles. The van der Waals surface area contributed by atoms with Crippen LogP contribution >= 0.6 is 27.3 Å². The molecule has 1 aromatic rings. The number of hydrogen-bond donors (Lipinski definition) is 0. The second kappa shape index (κ2) is 14.7. The number of nitrogens with zero attached hydrogens (tertiary/aromatic N) is 3. The number of piperidine rings is 1.